The van der Waals surface area contributed by atoms with E-state index in [1.165, 1.54) is 0 Å². The van der Waals surface area contributed by atoms with Gasteiger partial charge in [-0.2, -0.15) is 5.10 Å². The third kappa shape index (κ3) is 6.15. The van der Waals surface area contributed by atoms with Gasteiger partial charge in [-0.1, -0.05) is 54.1 Å². The van der Waals surface area contributed by atoms with Crippen LogP contribution in [0, 0.1) is 6.92 Å². The number of rotatable bonds is 7. The van der Waals surface area contributed by atoms with Crippen LogP contribution < -0.4 is 4.74 Å². The lowest BCUT2D eigenvalue weighted by Gasteiger charge is -2.22. The molecule has 0 unspecified atom stereocenters. The molecular weight excluding hydrogens is 436 g/mol. The summed E-state index contributed by atoms with van der Waals surface area (Å²) in [5, 5.41) is 5.10. The van der Waals surface area contributed by atoms with Crippen LogP contribution in [0.5, 0.6) is 5.75 Å². The van der Waals surface area contributed by atoms with Gasteiger partial charge >= 0.3 is 0 Å². The molecule has 1 aliphatic rings. The molecule has 6 nitrogen and oxygen atoms in total. The van der Waals surface area contributed by atoms with E-state index in [4.69, 9.17) is 16.3 Å². The Morgan fingerprint density at radius 2 is 1.76 bits per heavy atom. The van der Waals surface area contributed by atoms with Crippen molar-refractivity contribution in [1.82, 2.24) is 19.6 Å². The van der Waals surface area contributed by atoms with Crippen LogP contribution >= 0.6 is 11.6 Å². The van der Waals surface area contributed by atoms with Crippen molar-refractivity contribution in [3.8, 4) is 5.75 Å². The van der Waals surface area contributed by atoms with Crippen LogP contribution in [0.2, 0.25) is 5.15 Å². The van der Waals surface area contributed by atoms with E-state index in [9.17, 15) is 4.79 Å². The van der Waals surface area contributed by atoms with Gasteiger partial charge in [0.1, 0.15) is 17.5 Å². The third-order valence-electron chi connectivity index (χ3n) is 6.12. The predicted molar refractivity (Wildman–Crippen MR) is 130 cm³/mol. The number of hydrogen-bond donors (Lipinski definition) is 0. The van der Waals surface area contributed by atoms with Crippen molar-refractivity contribution < 1.29 is 9.53 Å². The van der Waals surface area contributed by atoms with Crippen molar-refractivity contribution in [3.05, 3.63) is 82.1 Å². The second-order valence-corrected chi connectivity index (χ2v) is 8.94. The van der Waals surface area contributed by atoms with Gasteiger partial charge < -0.3 is 9.64 Å². The summed E-state index contributed by atoms with van der Waals surface area (Å²) in [6.45, 7) is 6.59. The smallest absolute Gasteiger partial charge is 0.227 e. The van der Waals surface area contributed by atoms with Gasteiger partial charge in [0.25, 0.3) is 0 Å². The molecule has 7 heteroatoms. The van der Waals surface area contributed by atoms with Crippen LogP contribution in [0.4, 0.5) is 0 Å². The third-order valence-corrected chi connectivity index (χ3v) is 6.59. The molecule has 1 aliphatic heterocycles. The fraction of sp³-hybridized carbons (Fsp3) is 0.385. The zero-order valence-electron chi connectivity index (χ0n) is 19.3. The highest BCUT2D eigenvalue weighted by molar-refractivity contribution is 6.30. The Morgan fingerprint density at radius 3 is 2.45 bits per heavy atom. The second-order valence-electron chi connectivity index (χ2n) is 8.58. The summed E-state index contributed by atoms with van der Waals surface area (Å²) in [5.74, 6) is 0.982. The number of halogens is 1. The quantitative estimate of drug-likeness (QED) is 0.522. The number of aromatic nitrogens is 2. The van der Waals surface area contributed by atoms with Gasteiger partial charge in [-0.15, -0.1) is 0 Å². The minimum absolute atomic E-state index is 0.172. The highest BCUT2D eigenvalue weighted by Gasteiger charge is 2.21. The largest absolute Gasteiger partial charge is 0.489 e. The Kier molecular flexibility index (Phi) is 7.68. The van der Waals surface area contributed by atoms with Crippen molar-refractivity contribution in [1.29, 1.82) is 0 Å². The first-order valence-electron chi connectivity index (χ1n) is 11.4. The van der Waals surface area contributed by atoms with E-state index in [1.807, 2.05) is 73.5 Å². The Balaban J connectivity index is 1.27. The van der Waals surface area contributed by atoms with Crippen LogP contribution in [0.3, 0.4) is 0 Å². The van der Waals surface area contributed by atoms with Crippen molar-refractivity contribution in [2.24, 2.45) is 7.05 Å². The molecule has 174 valence electrons. The monoisotopic (exact) mass is 466 g/mol. The van der Waals surface area contributed by atoms with E-state index < -0.39 is 0 Å². The van der Waals surface area contributed by atoms with Gasteiger partial charge in [0, 0.05) is 45.3 Å². The SMILES string of the molecule is Cc1nn(C)c(Cl)c1CN1CCCN(C(=O)Cc2ccc(OCc3ccccc3)cc2)CC1. The maximum absolute atomic E-state index is 12.9. The molecule has 0 aliphatic carbocycles. The van der Waals surface area contributed by atoms with Crippen LogP contribution in [0.1, 0.15) is 28.8 Å². The topological polar surface area (TPSA) is 50.6 Å². The summed E-state index contributed by atoms with van der Waals surface area (Å²) in [6, 6.07) is 17.9. The molecule has 0 saturated carbocycles. The fourth-order valence-electron chi connectivity index (χ4n) is 4.19. The summed E-state index contributed by atoms with van der Waals surface area (Å²) in [7, 11) is 1.86. The number of nitrogens with zero attached hydrogens (tertiary/aromatic N) is 4. The summed E-state index contributed by atoms with van der Waals surface area (Å²) in [4.78, 5) is 17.3. The van der Waals surface area contributed by atoms with E-state index in [1.54, 1.807) is 4.68 Å². The fourth-order valence-corrected chi connectivity index (χ4v) is 4.42. The molecule has 0 bridgehead atoms. The molecule has 3 aromatic rings. The molecule has 0 atom stereocenters. The molecule has 0 radical (unpaired) electrons. The van der Waals surface area contributed by atoms with Gasteiger partial charge in [0.2, 0.25) is 5.91 Å². The first-order valence-corrected chi connectivity index (χ1v) is 11.8. The van der Waals surface area contributed by atoms with Gasteiger partial charge in [-0.3, -0.25) is 14.4 Å². The van der Waals surface area contributed by atoms with Crippen molar-refractivity contribution in [2.45, 2.75) is 32.9 Å². The summed E-state index contributed by atoms with van der Waals surface area (Å²) >= 11 is 6.41. The Bertz CT molecular complexity index is 1070. The zero-order valence-corrected chi connectivity index (χ0v) is 20.1. The van der Waals surface area contributed by atoms with Crippen molar-refractivity contribution >= 4 is 17.5 Å². The molecule has 33 heavy (non-hydrogen) atoms. The van der Waals surface area contributed by atoms with Crippen LogP contribution in [-0.4, -0.2) is 51.7 Å². The molecular formula is C26H31ClN4O2. The minimum Gasteiger partial charge on any atom is -0.489 e. The van der Waals surface area contributed by atoms with Gasteiger partial charge in [-0.25, -0.2) is 0 Å². The van der Waals surface area contributed by atoms with E-state index in [2.05, 4.69) is 10.00 Å². The van der Waals surface area contributed by atoms with E-state index in [0.29, 0.717) is 18.2 Å². The highest BCUT2D eigenvalue weighted by atomic mass is 35.5. The van der Waals surface area contributed by atoms with Crippen LogP contribution in [0.15, 0.2) is 54.6 Å². The average molecular weight is 467 g/mol. The van der Waals surface area contributed by atoms with Gasteiger partial charge in [-0.05, 0) is 36.6 Å². The molecule has 1 fully saturated rings. The lowest BCUT2D eigenvalue weighted by Crippen LogP contribution is -2.36. The van der Waals surface area contributed by atoms with Crippen molar-refractivity contribution in [2.75, 3.05) is 26.2 Å². The van der Waals surface area contributed by atoms with Crippen molar-refractivity contribution in [3.63, 3.8) is 0 Å². The van der Waals surface area contributed by atoms with E-state index in [-0.39, 0.29) is 5.91 Å². The standard InChI is InChI=1S/C26H31ClN4O2/c1-20-24(26(27)29(2)28-20)18-30-13-6-14-31(16-15-30)25(32)17-21-9-11-23(12-10-21)33-19-22-7-4-3-5-8-22/h3-5,7-12H,6,13-19H2,1-2H3. The lowest BCUT2D eigenvalue weighted by atomic mass is 10.1. The summed E-state index contributed by atoms with van der Waals surface area (Å²) in [5.41, 5.74) is 4.18. The molecule has 0 N–H and O–H groups in total. The molecule has 2 aromatic carbocycles. The molecule has 1 amide bonds. The predicted octanol–water partition coefficient (Wildman–Crippen LogP) is 4.24. The first-order chi connectivity index (χ1) is 16.0. The summed E-state index contributed by atoms with van der Waals surface area (Å²) in [6.07, 6.45) is 1.36. The normalized spacial score (nSPS) is 14.8. The van der Waals surface area contributed by atoms with Gasteiger partial charge in [0.05, 0.1) is 12.1 Å². The molecule has 4 rings (SSSR count). The molecule has 1 aromatic heterocycles. The molecule has 0 spiro atoms. The average Bonchev–Trinajstić information content (AvgIpc) is 2.99. The number of ether oxygens (including phenoxy) is 1. The Hall–Kier alpha value is -2.83. The molecule has 2 heterocycles. The highest BCUT2D eigenvalue weighted by Crippen LogP contribution is 2.21. The van der Waals surface area contributed by atoms with E-state index >= 15 is 0 Å². The maximum atomic E-state index is 12.9. The lowest BCUT2D eigenvalue weighted by molar-refractivity contribution is -0.130. The number of aryl methyl sites for hydroxylation is 2. The minimum atomic E-state index is 0.172. The van der Waals surface area contributed by atoms with Crippen LogP contribution in [0.25, 0.3) is 0 Å². The van der Waals surface area contributed by atoms with Crippen LogP contribution in [-0.2, 0) is 31.4 Å². The number of benzene rings is 2. The number of amides is 1. The Labute approximate surface area is 200 Å². The van der Waals surface area contributed by atoms with E-state index in [0.717, 1.165) is 67.3 Å². The number of carbonyl (C=O) groups is 1. The first kappa shape index (κ1) is 23.3. The van der Waals surface area contributed by atoms with Gasteiger partial charge in [0.15, 0.2) is 0 Å². The Morgan fingerprint density at radius 1 is 1.00 bits per heavy atom. The maximum Gasteiger partial charge on any atom is 0.227 e. The number of carbonyl (C=O) groups excluding carboxylic acids is 1. The number of hydrogen-bond acceptors (Lipinski definition) is 4. The summed E-state index contributed by atoms with van der Waals surface area (Å²) < 4.78 is 7.57. The molecule has 1 saturated heterocycles. The zero-order chi connectivity index (χ0) is 23.2. The second kappa shape index (κ2) is 10.9.